The van der Waals surface area contributed by atoms with Crippen LogP contribution in [0, 0.1) is 115 Å². The normalized spacial score (nSPS) is 43.4. The van der Waals surface area contributed by atoms with Gasteiger partial charge in [-0.05, 0) is 294 Å². The van der Waals surface area contributed by atoms with Crippen LogP contribution in [-0.4, -0.2) is 156 Å². The van der Waals surface area contributed by atoms with Crippen molar-refractivity contribution in [3.63, 3.8) is 0 Å². The maximum Gasteiger partial charge on any atom is 0.306 e. The average molecular weight is 2000 g/mol. The van der Waals surface area contributed by atoms with Crippen molar-refractivity contribution in [2.75, 3.05) is 6.61 Å². The SMILES string of the molecule is CC.CC.CC(C)(O)CCC(=O)O.CC1(C)CCC(=O)C[C@]1(C)O.CC1(C)CCC(=O)O1.CC1(C)CCC(O)O1.CC1(C)CC[C@H](O)C[C@]1(C)O.CCC.CCCC.C[C@]12CCC(=O)C=C1[C@@H]1C[C@@H]1C1C2CC[C@@]2(C)C1[C@@H]1C[C@@H]1[C@@]21CCC(=O)O1.C[C@]12CCC3C(C1[C@@H]1C[C@@H]1[C@@]2(O)CCCO)[C@H]1C[C@H]1[C@]1(O)C[C@@H](O)CC[C@]31C.I.II.O. The molecule has 0 radical (unpaired) electrons. The Balaban J connectivity index is 0.000000297. The van der Waals surface area contributed by atoms with Gasteiger partial charge in [0.25, 0.3) is 0 Å². The molecule has 0 bridgehead atoms. The molecular formula is C95H169I3O19. The highest BCUT2D eigenvalue weighted by molar-refractivity contribution is 15.0. The number of carbonyl (C=O) groups excluding carboxylic acids is 4. The van der Waals surface area contributed by atoms with Crippen LogP contribution in [0.2, 0.25) is 0 Å². The number of hydrogen-bond acceptors (Lipinski definition) is 17. The standard InChI is InChI=1S/C24H38O4.C24H30O3.C9H18O2.C9H16O2.C6H12O3.C6H12O2.C6H10O2.C4H10.C3H8.2C2H6.I2.HI.H2O/c1-21-7-4-13(26)12-24(21,28)17-10-14(17)19-16(21)5-8-22(2)20(19)15-11-18(15)23(22,27)6-3-9-25;1-22-6-3-12(25)9-17(22)13-10-14(13)20-16(22)4-7-23(2)21(20)15-11-18(15)24(23)8-5-19(26)27-24;2*1-8(2)5-4-7(10)6-9(8,3)11;1-6(2,9)4-3-5(7)8;2*1-6(2)4-3-5(7)8-6;1-3-4-2;1-3-2;3*1-2;;/h13-20,25-28H,3-12H2,1-2H3;9,13-16,18,20-21H,3-8,10-11H2,1-2H3;7,10-11H,4-6H2,1-3H3;11H,4-6H2,1-3H3;9H,3-4H2,1-2H3,(H,7,8);5,7H,3-4H2,1-2H3;3-4H2,1-2H3;3-4H2,1-2H3;3H2,1-2H3;2*1-2H3;;1H;1H2/t13-,14-,15+,16?,17+,18-,19?,20?,21+,22-,23-,24+;13-,14+,15-,16?,18+,20?,21?,22-,23+,24+;7-,9-;9-;;;;;;;;;;/m0100........../s1. The molecule has 3 aliphatic heterocycles. The second-order valence-corrected chi connectivity index (χ2v) is 42.6. The first kappa shape index (κ1) is 109. The summed E-state index contributed by atoms with van der Waals surface area (Å²) in [7, 11) is 0. The molecule has 19 nitrogen and oxygen atoms in total. The minimum atomic E-state index is -0.864. The average Bonchev–Trinajstić information content (AvgIpc) is 1.48. The number of aliphatic hydroxyl groups is 9. The van der Waals surface area contributed by atoms with E-state index in [4.69, 9.17) is 29.5 Å². The molecule has 3 saturated heterocycles. The number of carbonyl (C=O) groups is 5. The lowest BCUT2D eigenvalue weighted by atomic mass is 9.42. The van der Waals surface area contributed by atoms with Gasteiger partial charge in [-0.2, -0.15) is 0 Å². The van der Waals surface area contributed by atoms with Crippen LogP contribution < -0.4 is 0 Å². The van der Waals surface area contributed by atoms with E-state index >= 15 is 0 Å². The first-order chi connectivity index (χ1) is 53.2. The number of unbranched alkanes of at least 4 members (excludes halogenated alkanes) is 1. The summed E-state index contributed by atoms with van der Waals surface area (Å²) in [6.45, 7) is 49.2. The van der Waals surface area contributed by atoms with E-state index in [0.29, 0.717) is 110 Å². The minimum absolute atomic E-state index is 0. The van der Waals surface area contributed by atoms with Crippen LogP contribution in [-0.2, 0) is 38.2 Å². The van der Waals surface area contributed by atoms with E-state index < -0.39 is 40.3 Å². The molecule has 13 saturated carbocycles. The van der Waals surface area contributed by atoms with Crippen LogP contribution in [0.15, 0.2) is 11.6 Å². The van der Waals surface area contributed by atoms with E-state index in [1.54, 1.807) is 20.8 Å². The van der Waals surface area contributed by atoms with Crippen molar-refractivity contribution in [1.82, 2.24) is 0 Å². The molecule has 17 aliphatic rings. The summed E-state index contributed by atoms with van der Waals surface area (Å²) in [4.78, 5) is 55.7. The van der Waals surface area contributed by atoms with Crippen LogP contribution in [0.25, 0.3) is 0 Å². The Morgan fingerprint density at radius 1 is 0.547 bits per heavy atom. The zero-order chi connectivity index (χ0) is 87.4. The predicted molar refractivity (Wildman–Crippen MR) is 491 cm³/mol. The van der Waals surface area contributed by atoms with Crippen LogP contribution in [0.4, 0.5) is 0 Å². The number of ether oxygens (including phenoxy) is 3. The van der Waals surface area contributed by atoms with Gasteiger partial charge in [-0.1, -0.05) is 136 Å². The van der Waals surface area contributed by atoms with Crippen molar-refractivity contribution < 1.29 is 94.7 Å². The Hall–Kier alpha value is -0.760. The first-order valence-electron chi connectivity index (χ1n) is 45.8. The summed E-state index contributed by atoms with van der Waals surface area (Å²) in [5, 5.41) is 98.5. The van der Waals surface area contributed by atoms with E-state index in [9.17, 15) is 59.7 Å². The number of fused-ring (bicyclic) bond motifs is 22. The maximum atomic E-state index is 12.2. The summed E-state index contributed by atoms with van der Waals surface area (Å²) >= 11 is 4.24. The number of carboxylic acids is 1. The fourth-order valence-corrected chi connectivity index (χ4v) is 25.1. The van der Waals surface area contributed by atoms with Gasteiger partial charge in [-0.3, -0.25) is 24.0 Å². The Morgan fingerprint density at radius 3 is 1.50 bits per heavy atom. The Labute approximate surface area is 748 Å². The highest BCUT2D eigenvalue weighted by atomic mass is 128. The number of Topliss-reactive ketones (excluding diaryl/α,β-unsaturated/α-hetero) is 1. The zero-order valence-electron chi connectivity index (χ0n) is 77.1. The molecule has 684 valence electrons. The van der Waals surface area contributed by atoms with Crippen molar-refractivity contribution in [2.45, 2.75) is 435 Å². The van der Waals surface area contributed by atoms with Gasteiger partial charge in [0.2, 0.25) is 0 Å². The van der Waals surface area contributed by atoms with Crippen molar-refractivity contribution >= 4 is 90.7 Å². The lowest BCUT2D eigenvalue weighted by Crippen LogP contribution is -2.65. The number of carboxylic acid groups (broad SMARTS) is 1. The minimum Gasteiger partial charge on any atom is -0.481 e. The van der Waals surface area contributed by atoms with Crippen LogP contribution >= 0.6 is 61.2 Å². The number of esters is 2. The molecule has 12 N–H and O–H groups in total. The molecule has 0 amide bonds. The molecule has 16 fully saturated rings. The van der Waals surface area contributed by atoms with Crippen molar-refractivity contribution in [3.8, 4) is 0 Å². The van der Waals surface area contributed by atoms with Crippen LogP contribution in [0.3, 0.4) is 0 Å². The Morgan fingerprint density at radius 2 is 1.05 bits per heavy atom. The Kier molecular flexibility index (Phi) is 39.0. The molecule has 117 heavy (non-hydrogen) atoms. The lowest BCUT2D eigenvalue weighted by molar-refractivity contribution is -0.237. The van der Waals surface area contributed by atoms with Crippen LogP contribution in [0.1, 0.15) is 372 Å². The molecule has 0 aromatic rings. The molecule has 0 aromatic carbocycles. The fourth-order valence-electron chi connectivity index (χ4n) is 25.1. The second kappa shape index (κ2) is 42.0. The highest BCUT2D eigenvalue weighted by Crippen LogP contribution is 2.84. The summed E-state index contributed by atoms with van der Waals surface area (Å²) in [6, 6.07) is 0. The highest BCUT2D eigenvalue weighted by Gasteiger charge is 2.83. The van der Waals surface area contributed by atoms with Gasteiger partial charge in [0.15, 0.2) is 12.1 Å². The quantitative estimate of drug-likeness (QED) is 0.0836. The maximum absolute atomic E-state index is 12.2. The number of ketones is 2. The topological polar surface area (TPSA) is 347 Å². The van der Waals surface area contributed by atoms with Gasteiger partial charge in [-0.25, -0.2) is 0 Å². The monoisotopic (exact) mass is 1990 g/mol. The van der Waals surface area contributed by atoms with E-state index in [2.05, 4.69) is 113 Å². The third-order valence-electron chi connectivity index (χ3n) is 32.8. The van der Waals surface area contributed by atoms with Gasteiger partial charge in [0.05, 0.1) is 45.8 Å². The second-order valence-electron chi connectivity index (χ2n) is 42.6. The molecule has 26 atom stereocenters. The number of allylic oxidation sites excluding steroid dienone is 1. The van der Waals surface area contributed by atoms with Gasteiger partial charge in [-0.15, -0.1) is 24.0 Å². The first-order valence-corrected chi connectivity index (χ1v) is 52.0. The summed E-state index contributed by atoms with van der Waals surface area (Å²) < 4.78 is 16.2. The van der Waals surface area contributed by atoms with E-state index in [1.165, 1.54) is 56.9 Å². The molecule has 14 aliphatic carbocycles. The van der Waals surface area contributed by atoms with Gasteiger partial charge >= 0.3 is 17.9 Å². The third-order valence-corrected chi connectivity index (χ3v) is 32.8. The fraction of sp³-hybridized carbons (Fsp3) is 0.926. The summed E-state index contributed by atoms with van der Waals surface area (Å²) in [6.07, 6.45) is 29.1. The van der Waals surface area contributed by atoms with Crippen molar-refractivity contribution in [1.29, 1.82) is 0 Å². The van der Waals surface area contributed by atoms with E-state index in [-0.39, 0.29) is 122 Å². The van der Waals surface area contributed by atoms with E-state index in [0.717, 1.165) is 126 Å². The van der Waals surface area contributed by atoms with E-state index in [1.807, 2.05) is 76.2 Å². The molecule has 7 unspecified atom stereocenters. The van der Waals surface area contributed by atoms with Crippen LogP contribution in [0.5, 0.6) is 0 Å². The molecule has 22 heteroatoms. The van der Waals surface area contributed by atoms with Gasteiger partial charge in [0, 0.05) is 113 Å². The molecular weight excluding hydrogens is 1830 g/mol. The summed E-state index contributed by atoms with van der Waals surface area (Å²) in [5.41, 5.74) is -2.32. The number of cyclic esters (lactones) is 1. The molecule has 3 heterocycles. The van der Waals surface area contributed by atoms with Gasteiger partial charge in [0.1, 0.15) is 17.0 Å². The number of aliphatic hydroxyl groups excluding tert-OH is 4. The van der Waals surface area contributed by atoms with Gasteiger partial charge < -0.3 is 70.8 Å². The number of halogens is 3. The Bertz CT molecular complexity index is 3250. The largest absolute Gasteiger partial charge is 0.481 e. The molecule has 0 aromatic heterocycles. The lowest BCUT2D eigenvalue weighted by Gasteiger charge is -2.64. The molecule has 1 spiro atoms. The summed E-state index contributed by atoms with van der Waals surface area (Å²) in [5.74, 6) is 8.73. The smallest absolute Gasteiger partial charge is 0.306 e. The number of aliphatic carboxylic acids is 1. The predicted octanol–water partition coefficient (Wildman–Crippen LogP) is 19.3. The molecule has 17 rings (SSSR count). The zero-order valence-corrected chi connectivity index (χ0v) is 83.8. The third kappa shape index (κ3) is 23.2. The number of hydrogen-bond donors (Lipinski definition) is 10. The number of rotatable bonds is 7. The van der Waals surface area contributed by atoms with Crippen molar-refractivity contribution in [2.24, 2.45) is 115 Å². The van der Waals surface area contributed by atoms with Crippen molar-refractivity contribution in [3.05, 3.63) is 11.6 Å².